The van der Waals surface area contributed by atoms with Gasteiger partial charge in [-0.2, -0.15) is 0 Å². The Hall–Kier alpha value is -2.74. The molecule has 1 amide bonds. The first-order valence-electron chi connectivity index (χ1n) is 12.3. The van der Waals surface area contributed by atoms with Crippen molar-refractivity contribution in [2.75, 3.05) is 44.2 Å². The molecule has 1 aliphatic carbocycles. The van der Waals surface area contributed by atoms with Crippen molar-refractivity contribution in [2.45, 2.75) is 44.7 Å². The third-order valence-electron chi connectivity index (χ3n) is 7.00. The number of aromatic nitrogens is 1. The molecule has 0 spiro atoms. The molecule has 0 bridgehead atoms. The minimum atomic E-state index is -2.68. The smallest absolute Gasteiger partial charge is 0.282 e. The van der Waals surface area contributed by atoms with Crippen molar-refractivity contribution >= 4 is 11.6 Å². The van der Waals surface area contributed by atoms with Crippen LogP contribution < -0.4 is 9.64 Å². The number of pyridine rings is 1. The molecule has 34 heavy (non-hydrogen) atoms. The molecule has 3 aliphatic rings. The van der Waals surface area contributed by atoms with Crippen molar-refractivity contribution in [3.63, 3.8) is 0 Å². The standard InChI is InChI=1S/C26H32F2N4O2/c1-2-30(14-19-6-4-3-5-7-19)21-12-13-31(15-21)25(33)22-10-11-23(32-17-26(27,28)18-32)24(29-22)34-16-20-8-9-20/h3-7,10-11,20-21H,2,8-9,12-18H2,1H3/t21-/m0/s1. The van der Waals surface area contributed by atoms with E-state index >= 15 is 0 Å². The molecule has 2 aliphatic heterocycles. The molecule has 3 fully saturated rings. The van der Waals surface area contributed by atoms with E-state index in [1.54, 1.807) is 17.0 Å². The van der Waals surface area contributed by atoms with Gasteiger partial charge in [0.15, 0.2) is 0 Å². The van der Waals surface area contributed by atoms with Gasteiger partial charge in [0.25, 0.3) is 11.8 Å². The summed E-state index contributed by atoms with van der Waals surface area (Å²) in [7, 11) is 0. The summed E-state index contributed by atoms with van der Waals surface area (Å²) in [6.07, 6.45) is 3.14. The fraction of sp³-hybridized carbons (Fsp3) is 0.538. The number of likely N-dealkylation sites (tertiary alicyclic amines) is 1. The van der Waals surface area contributed by atoms with E-state index in [0.717, 1.165) is 32.4 Å². The summed E-state index contributed by atoms with van der Waals surface area (Å²) >= 11 is 0. The van der Waals surface area contributed by atoms with Crippen LogP contribution in [0, 0.1) is 5.92 Å². The van der Waals surface area contributed by atoms with Crippen LogP contribution >= 0.6 is 0 Å². The third-order valence-corrected chi connectivity index (χ3v) is 7.00. The number of likely N-dealkylation sites (N-methyl/N-ethyl adjacent to an activating group) is 1. The van der Waals surface area contributed by atoms with E-state index in [0.29, 0.717) is 48.9 Å². The zero-order chi connectivity index (χ0) is 23.7. The van der Waals surface area contributed by atoms with Gasteiger partial charge in [-0.15, -0.1) is 0 Å². The van der Waals surface area contributed by atoms with Gasteiger partial charge in [-0.3, -0.25) is 9.69 Å². The molecule has 5 rings (SSSR count). The zero-order valence-corrected chi connectivity index (χ0v) is 19.6. The van der Waals surface area contributed by atoms with Crippen molar-refractivity contribution in [2.24, 2.45) is 5.92 Å². The lowest BCUT2D eigenvalue weighted by Crippen LogP contribution is -2.56. The number of hydrogen-bond donors (Lipinski definition) is 0. The highest BCUT2D eigenvalue weighted by Gasteiger charge is 2.45. The average Bonchev–Trinajstić information content (AvgIpc) is 3.53. The largest absolute Gasteiger partial charge is 0.476 e. The molecular formula is C26H32F2N4O2. The molecule has 0 radical (unpaired) electrons. The van der Waals surface area contributed by atoms with E-state index < -0.39 is 5.92 Å². The Morgan fingerprint density at radius 1 is 1.15 bits per heavy atom. The van der Waals surface area contributed by atoms with Crippen molar-refractivity contribution in [1.82, 2.24) is 14.8 Å². The monoisotopic (exact) mass is 470 g/mol. The number of halogens is 2. The van der Waals surface area contributed by atoms with E-state index in [9.17, 15) is 13.6 Å². The maximum absolute atomic E-state index is 13.4. The summed E-state index contributed by atoms with van der Waals surface area (Å²) in [6, 6.07) is 14.0. The molecule has 3 heterocycles. The van der Waals surface area contributed by atoms with Crippen molar-refractivity contribution in [3.8, 4) is 5.88 Å². The van der Waals surface area contributed by atoms with Crippen molar-refractivity contribution in [3.05, 3.63) is 53.7 Å². The van der Waals surface area contributed by atoms with E-state index in [1.807, 2.05) is 23.1 Å². The number of hydrogen-bond acceptors (Lipinski definition) is 5. The lowest BCUT2D eigenvalue weighted by molar-refractivity contribution is -0.0265. The lowest BCUT2D eigenvalue weighted by Gasteiger charge is -2.40. The second kappa shape index (κ2) is 9.49. The Morgan fingerprint density at radius 2 is 1.91 bits per heavy atom. The highest BCUT2D eigenvalue weighted by atomic mass is 19.3. The summed E-state index contributed by atoms with van der Waals surface area (Å²) in [5, 5.41) is 0. The molecular weight excluding hydrogens is 438 g/mol. The maximum atomic E-state index is 13.4. The van der Waals surface area contributed by atoms with E-state index in [1.165, 1.54) is 5.56 Å². The lowest BCUT2D eigenvalue weighted by atomic mass is 10.1. The average molecular weight is 471 g/mol. The number of alkyl halides is 2. The molecule has 0 unspecified atom stereocenters. The highest BCUT2D eigenvalue weighted by molar-refractivity contribution is 5.93. The minimum Gasteiger partial charge on any atom is -0.476 e. The third kappa shape index (κ3) is 5.17. The Balaban J connectivity index is 1.26. The van der Waals surface area contributed by atoms with Crippen LogP contribution in [0.4, 0.5) is 14.5 Å². The first kappa shape index (κ1) is 23.0. The van der Waals surface area contributed by atoms with Crippen LogP contribution in [0.3, 0.4) is 0 Å². The number of anilines is 1. The Labute approximate surface area is 199 Å². The predicted octanol–water partition coefficient (Wildman–Crippen LogP) is 4.06. The quantitative estimate of drug-likeness (QED) is 0.553. The normalized spacial score (nSPS) is 21.6. The van der Waals surface area contributed by atoms with Crippen LogP contribution in [0.2, 0.25) is 0 Å². The second-order valence-corrected chi connectivity index (χ2v) is 9.73. The van der Waals surface area contributed by atoms with Gasteiger partial charge in [0.2, 0.25) is 5.88 Å². The fourth-order valence-electron chi connectivity index (χ4n) is 4.77. The minimum absolute atomic E-state index is 0.130. The van der Waals surface area contributed by atoms with Gasteiger partial charge >= 0.3 is 0 Å². The molecule has 182 valence electrons. The Bertz CT molecular complexity index is 1010. The second-order valence-electron chi connectivity index (χ2n) is 9.73. The fourth-order valence-corrected chi connectivity index (χ4v) is 4.77. The van der Waals surface area contributed by atoms with Crippen LogP contribution in [0.5, 0.6) is 5.88 Å². The van der Waals surface area contributed by atoms with E-state index in [2.05, 4.69) is 28.9 Å². The zero-order valence-electron chi connectivity index (χ0n) is 19.6. The molecule has 2 aromatic rings. The predicted molar refractivity (Wildman–Crippen MR) is 126 cm³/mol. The number of carbonyl (C=O) groups excluding carboxylic acids is 1. The van der Waals surface area contributed by atoms with Crippen LogP contribution in [-0.4, -0.2) is 72.0 Å². The number of ether oxygens (including phenoxy) is 1. The van der Waals surface area contributed by atoms with Crippen LogP contribution in [0.1, 0.15) is 42.2 Å². The van der Waals surface area contributed by atoms with Gasteiger partial charge in [-0.05, 0) is 49.4 Å². The summed E-state index contributed by atoms with van der Waals surface area (Å²) in [4.78, 5) is 23.6. The summed E-state index contributed by atoms with van der Waals surface area (Å²) in [5.74, 6) is -2.02. The summed E-state index contributed by atoms with van der Waals surface area (Å²) in [6.45, 7) is 5.07. The Morgan fingerprint density at radius 3 is 2.59 bits per heavy atom. The molecule has 1 saturated carbocycles. The number of benzene rings is 1. The maximum Gasteiger partial charge on any atom is 0.282 e. The number of carbonyl (C=O) groups is 1. The first-order chi connectivity index (χ1) is 16.4. The Kier molecular flexibility index (Phi) is 6.42. The van der Waals surface area contributed by atoms with Gasteiger partial charge in [0.05, 0.1) is 19.7 Å². The summed E-state index contributed by atoms with van der Waals surface area (Å²) in [5.41, 5.74) is 2.12. The van der Waals surface area contributed by atoms with Gasteiger partial charge in [0, 0.05) is 25.7 Å². The topological polar surface area (TPSA) is 48.9 Å². The molecule has 1 aromatic heterocycles. The first-order valence-corrected chi connectivity index (χ1v) is 12.3. The molecule has 0 N–H and O–H groups in total. The van der Waals surface area contributed by atoms with Gasteiger partial charge in [-0.1, -0.05) is 37.3 Å². The molecule has 1 aromatic carbocycles. The van der Waals surface area contributed by atoms with Crippen LogP contribution in [0.25, 0.3) is 0 Å². The number of amides is 1. The molecule has 6 nitrogen and oxygen atoms in total. The van der Waals surface area contributed by atoms with Crippen LogP contribution in [-0.2, 0) is 6.54 Å². The van der Waals surface area contributed by atoms with Gasteiger partial charge in [-0.25, -0.2) is 13.8 Å². The van der Waals surface area contributed by atoms with E-state index in [-0.39, 0.29) is 19.0 Å². The van der Waals surface area contributed by atoms with Crippen molar-refractivity contribution < 1.29 is 18.3 Å². The van der Waals surface area contributed by atoms with E-state index in [4.69, 9.17) is 4.74 Å². The van der Waals surface area contributed by atoms with Gasteiger partial charge < -0.3 is 14.5 Å². The molecule has 1 atom stereocenters. The van der Waals surface area contributed by atoms with Gasteiger partial charge in [0.1, 0.15) is 11.4 Å². The highest BCUT2D eigenvalue weighted by Crippen LogP contribution is 2.38. The molecule has 8 heteroatoms. The number of rotatable bonds is 9. The number of nitrogens with zero attached hydrogens (tertiary/aromatic N) is 4. The van der Waals surface area contributed by atoms with Crippen molar-refractivity contribution in [1.29, 1.82) is 0 Å². The van der Waals surface area contributed by atoms with Crippen LogP contribution in [0.15, 0.2) is 42.5 Å². The SMILES string of the molecule is CCN(Cc1ccccc1)[C@H]1CCN(C(=O)c2ccc(N3CC(F)(F)C3)c(OCC3CC3)n2)C1. The summed E-state index contributed by atoms with van der Waals surface area (Å²) < 4.78 is 32.8. The molecule has 2 saturated heterocycles.